The molecule has 2 aromatic rings. The largest absolute Gasteiger partial charge is 0.493 e. The number of carbonyl (C=O) groups excluding carboxylic acids is 1. The van der Waals surface area contributed by atoms with Gasteiger partial charge in [0.05, 0.1) is 7.11 Å². The van der Waals surface area contributed by atoms with Gasteiger partial charge in [-0.2, -0.15) is 0 Å². The molecular weight excluding hydrogens is 372 g/mol. The Morgan fingerprint density at radius 2 is 1.92 bits per heavy atom. The van der Waals surface area contributed by atoms with Crippen molar-refractivity contribution in [2.45, 2.75) is 6.61 Å². The fourth-order valence-corrected chi connectivity index (χ4v) is 2.74. The molecule has 1 aliphatic rings. The number of halogens is 1. The van der Waals surface area contributed by atoms with E-state index in [-0.39, 0.29) is 5.91 Å². The molecular formula is C19H17ClN2O3S. The predicted molar refractivity (Wildman–Crippen MR) is 105 cm³/mol. The second-order valence-corrected chi connectivity index (χ2v) is 6.50. The molecule has 7 heteroatoms. The van der Waals surface area contributed by atoms with Gasteiger partial charge in [0, 0.05) is 12.1 Å². The Hall–Kier alpha value is -2.57. The minimum absolute atomic E-state index is 0.169. The first kappa shape index (κ1) is 18.2. The molecule has 5 nitrogen and oxygen atoms in total. The van der Waals surface area contributed by atoms with Crippen LogP contribution in [-0.4, -0.2) is 30.1 Å². The zero-order valence-corrected chi connectivity index (χ0v) is 15.9. The number of nitrogens with one attached hydrogen (secondary N) is 1. The molecule has 1 saturated heterocycles. The minimum Gasteiger partial charge on any atom is -0.493 e. The third-order valence-corrected chi connectivity index (χ3v) is 4.52. The van der Waals surface area contributed by atoms with Crippen molar-refractivity contribution in [3.05, 3.63) is 64.3 Å². The summed E-state index contributed by atoms with van der Waals surface area (Å²) in [5, 5.41) is 3.96. The number of methoxy groups -OCH3 is 1. The summed E-state index contributed by atoms with van der Waals surface area (Å²) in [5.41, 5.74) is 2.23. The maximum absolute atomic E-state index is 12.1. The lowest BCUT2D eigenvalue weighted by atomic mass is 10.1. The number of hydrogen-bond acceptors (Lipinski definition) is 4. The van der Waals surface area contributed by atoms with E-state index >= 15 is 0 Å². The number of rotatable bonds is 5. The van der Waals surface area contributed by atoms with E-state index in [9.17, 15) is 4.79 Å². The monoisotopic (exact) mass is 388 g/mol. The Morgan fingerprint density at radius 3 is 2.54 bits per heavy atom. The Balaban J connectivity index is 1.76. The molecule has 0 bridgehead atoms. The lowest BCUT2D eigenvalue weighted by molar-refractivity contribution is -0.121. The van der Waals surface area contributed by atoms with Gasteiger partial charge in [0.2, 0.25) is 0 Å². The first-order chi connectivity index (χ1) is 12.5. The quantitative estimate of drug-likeness (QED) is 0.626. The van der Waals surface area contributed by atoms with Crippen LogP contribution >= 0.6 is 23.8 Å². The third-order valence-electron chi connectivity index (χ3n) is 3.89. The van der Waals surface area contributed by atoms with Gasteiger partial charge in [-0.3, -0.25) is 9.69 Å². The van der Waals surface area contributed by atoms with Crippen molar-refractivity contribution in [2.24, 2.45) is 0 Å². The average Bonchev–Trinajstić information content (AvgIpc) is 2.88. The highest BCUT2D eigenvalue weighted by atomic mass is 35.5. The van der Waals surface area contributed by atoms with Crippen LogP contribution in [0, 0.1) is 0 Å². The molecule has 1 fully saturated rings. The van der Waals surface area contributed by atoms with Crippen molar-refractivity contribution >= 4 is 40.9 Å². The van der Waals surface area contributed by atoms with E-state index in [1.54, 1.807) is 26.3 Å². The summed E-state index contributed by atoms with van der Waals surface area (Å²) >= 11 is 11.0. The summed E-state index contributed by atoms with van der Waals surface area (Å²) in [6.07, 6.45) is 1.73. The van der Waals surface area contributed by atoms with E-state index in [1.165, 1.54) is 4.90 Å². The Kier molecular flexibility index (Phi) is 5.44. The molecule has 0 atom stereocenters. The number of thiocarbonyl (C=S) groups is 1. The van der Waals surface area contributed by atoms with Gasteiger partial charge in [0.1, 0.15) is 12.3 Å². The van der Waals surface area contributed by atoms with Gasteiger partial charge in [-0.15, -0.1) is 0 Å². The topological polar surface area (TPSA) is 50.8 Å². The van der Waals surface area contributed by atoms with Crippen molar-refractivity contribution in [2.75, 3.05) is 14.2 Å². The van der Waals surface area contributed by atoms with Crippen LogP contribution < -0.4 is 14.8 Å². The van der Waals surface area contributed by atoms with Crippen molar-refractivity contribution in [1.29, 1.82) is 0 Å². The Labute approximate surface area is 162 Å². The lowest BCUT2D eigenvalue weighted by Gasteiger charge is -2.11. The fourth-order valence-electron chi connectivity index (χ4n) is 2.42. The molecule has 1 amide bonds. The highest BCUT2D eigenvalue weighted by Gasteiger charge is 2.26. The molecule has 0 unspecified atom stereocenters. The van der Waals surface area contributed by atoms with Gasteiger partial charge in [-0.25, -0.2) is 0 Å². The van der Waals surface area contributed by atoms with Crippen molar-refractivity contribution in [3.8, 4) is 11.5 Å². The van der Waals surface area contributed by atoms with Gasteiger partial charge < -0.3 is 14.8 Å². The van der Waals surface area contributed by atoms with Crippen molar-refractivity contribution in [1.82, 2.24) is 10.2 Å². The molecule has 26 heavy (non-hydrogen) atoms. The van der Waals surface area contributed by atoms with E-state index in [1.807, 2.05) is 36.4 Å². The number of carbonyl (C=O) groups is 1. The van der Waals surface area contributed by atoms with Crippen LogP contribution in [-0.2, 0) is 11.4 Å². The SMILES string of the molecule is COc1cc(C=C2NC(=S)N(C)C2=O)ccc1OCc1ccc(Cl)cc1. The molecule has 3 rings (SSSR count). The average molecular weight is 389 g/mol. The summed E-state index contributed by atoms with van der Waals surface area (Å²) in [4.78, 5) is 13.5. The molecule has 1 heterocycles. The Morgan fingerprint density at radius 1 is 1.19 bits per heavy atom. The number of hydrogen-bond donors (Lipinski definition) is 1. The summed E-state index contributed by atoms with van der Waals surface area (Å²) in [6.45, 7) is 0.396. The lowest BCUT2D eigenvalue weighted by Crippen LogP contribution is -2.25. The first-order valence-corrected chi connectivity index (χ1v) is 8.62. The maximum Gasteiger partial charge on any atom is 0.276 e. The van der Waals surface area contributed by atoms with Gasteiger partial charge in [-0.05, 0) is 53.7 Å². The number of benzene rings is 2. The molecule has 0 aromatic heterocycles. The van der Waals surface area contributed by atoms with Crippen LogP contribution in [0.15, 0.2) is 48.2 Å². The van der Waals surface area contributed by atoms with Crippen LogP contribution in [0.1, 0.15) is 11.1 Å². The van der Waals surface area contributed by atoms with E-state index in [4.69, 9.17) is 33.3 Å². The van der Waals surface area contributed by atoms with E-state index in [2.05, 4.69) is 5.32 Å². The van der Waals surface area contributed by atoms with E-state index in [0.29, 0.717) is 33.9 Å². The molecule has 0 spiro atoms. The smallest absolute Gasteiger partial charge is 0.276 e. The molecule has 0 saturated carbocycles. The third kappa shape index (κ3) is 3.98. The Bertz CT molecular complexity index is 881. The maximum atomic E-state index is 12.1. The first-order valence-electron chi connectivity index (χ1n) is 7.84. The second kappa shape index (κ2) is 7.76. The van der Waals surface area contributed by atoms with Crippen LogP contribution in [0.25, 0.3) is 6.08 Å². The second-order valence-electron chi connectivity index (χ2n) is 5.68. The van der Waals surface area contributed by atoms with Crippen LogP contribution in [0.3, 0.4) is 0 Å². The van der Waals surface area contributed by atoms with Gasteiger partial charge >= 0.3 is 0 Å². The molecule has 134 valence electrons. The summed E-state index contributed by atoms with van der Waals surface area (Å²) in [5.74, 6) is 1.02. The van der Waals surface area contributed by atoms with Gasteiger partial charge in [-0.1, -0.05) is 29.8 Å². The number of nitrogens with zero attached hydrogens (tertiary/aromatic N) is 1. The summed E-state index contributed by atoms with van der Waals surface area (Å²) < 4.78 is 11.2. The number of ether oxygens (including phenoxy) is 2. The molecule has 1 N–H and O–H groups in total. The molecule has 0 aliphatic carbocycles. The van der Waals surface area contributed by atoms with Crippen molar-refractivity contribution in [3.63, 3.8) is 0 Å². The van der Waals surface area contributed by atoms with Crippen LogP contribution in [0.2, 0.25) is 5.02 Å². The predicted octanol–water partition coefficient (Wildman–Crippen LogP) is 3.62. The summed E-state index contributed by atoms with van der Waals surface area (Å²) in [6, 6.07) is 12.9. The fraction of sp³-hybridized carbons (Fsp3) is 0.158. The van der Waals surface area contributed by atoms with Gasteiger partial charge in [0.25, 0.3) is 5.91 Å². The van der Waals surface area contributed by atoms with Crippen LogP contribution in [0.4, 0.5) is 0 Å². The highest BCUT2D eigenvalue weighted by Crippen LogP contribution is 2.30. The highest BCUT2D eigenvalue weighted by molar-refractivity contribution is 7.80. The standard InChI is InChI=1S/C19H17ClN2O3S/c1-22-18(23)15(21-19(22)26)9-13-5-8-16(17(10-13)24-2)25-11-12-3-6-14(20)7-4-12/h3-10H,11H2,1-2H3,(H,21,26). The zero-order valence-electron chi connectivity index (χ0n) is 14.3. The van der Waals surface area contributed by atoms with Crippen LogP contribution in [0.5, 0.6) is 11.5 Å². The molecule has 1 aliphatic heterocycles. The normalized spacial score (nSPS) is 15.3. The summed E-state index contributed by atoms with van der Waals surface area (Å²) in [7, 11) is 3.20. The number of likely N-dealkylation sites (N-methyl/N-ethyl adjacent to an activating group) is 1. The molecule has 2 aromatic carbocycles. The van der Waals surface area contributed by atoms with E-state index < -0.39 is 0 Å². The molecule has 0 radical (unpaired) electrons. The zero-order chi connectivity index (χ0) is 18.7. The van der Waals surface area contributed by atoms with Crippen molar-refractivity contribution < 1.29 is 14.3 Å². The van der Waals surface area contributed by atoms with E-state index in [0.717, 1.165) is 11.1 Å². The number of amides is 1. The van der Waals surface area contributed by atoms with Gasteiger partial charge in [0.15, 0.2) is 16.6 Å². The minimum atomic E-state index is -0.169.